The molecule has 0 amide bonds. The molecule has 0 radical (unpaired) electrons. The minimum absolute atomic E-state index is 0.243. The number of anilines is 1. The van der Waals surface area contributed by atoms with E-state index in [-0.39, 0.29) is 5.41 Å². The molecular weight excluding hydrogens is 458 g/mol. The largest absolute Gasteiger partial charge is 0.492 e. The molecule has 1 fully saturated rings. The fourth-order valence-electron chi connectivity index (χ4n) is 4.39. The third kappa shape index (κ3) is 7.17. The summed E-state index contributed by atoms with van der Waals surface area (Å²) in [6, 6.07) is 3.79. The van der Waals surface area contributed by atoms with Gasteiger partial charge in [-0.3, -0.25) is 9.97 Å². The Bertz CT molecular complexity index is 1020. The number of pyridine rings is 2. The molecule has 1 aliphatic heterocycles. The fraction of sp³-hybridized carbons (Fsp3) is 0.607. The number of hydrogen-bond donors (Lipinski definition) is 1. The van der Waals surface area contributed by atoms with Crippen molar-refractivity contribution in [3.63, 3.8) is 0 Å². The quantitative estimate of drug-likeness (QED) is 0.432. The highest BCUT2D eigenvalue weighted by Gasteiger charge is 2.35. The number of aliphatic carboxylic acids is 1. The first-order valence-corrected chi connectivity index (χ1v) is 12.6. The van der Waals surface area contributed by atoms with Crippen LogP contribution < -0.4 is 9.64 Å². The molecule has 2 aromatic heterocycles. The van der Waals surface area contributed by atoms with Gasteiger partial charge in [-0.25, -0.2) is 4.79 Å². The highest BCUT2D eigenvalue weighted by atomic mass is 16.5. The molecule has 1 aliphatic rings. The summed E-state index contributed by atoms with van der Waals surface area (Å²) in [5.74, 6) is -0.353. The van der Waals surface area contributed by atoms with Crippen LogP contribution in [0.5, 0.6) is 5.75 Å². The van der Waals surface area contributed by atoms with Crippen molar-refractivity contribution in [1.29, 1.82) is 0 Å². The van der Waals surface area contributed by atoms with Gasteiger partial charge in [0.05, 0.1) is 29.8 Å². The summed E-state index contributed by atoms with van der Waals surface area (Å²) in [6.07, 6.45) is 5.16. The zero-order valence-electron chi connectivity index (χ0n) is 22.8. The lowest BCUT2D eigenvalue weighted by Gasteiger charge is -2.40. The number of aromatic nitrogens is 2. The van der Waals surface area contributed by atoms with Gasteiger partial charge >= 0.3 is 5.97 Å². The van der Waals surface area contributed by atoms with E-state index in [1.165, 1.54) is 0 Å². The molecule has 3 rings (SSSR count). The Morgan fingerprint density at radius 1 is 1.14 bits per heavy atom. The predicted molar refractivity (Wildman–Crippen MR) is 141 cm³/mol. The van der Waals surface area contributed by atoms with E-state index < -0.39 is 17.7 Å². The number of aryl methyl sites for hydroxylation is 1. The van der Waals surface area contributed by atoms with Gasteiger partial charge in [-0.1, -0.05) is 13.8 Å². The van der Waals surface area contributed by atoms with Gasteiger partial charge in [0.25, 0.3) is 0 Å². The molecule has 36 heavy (non-hydrogen) atoms. The smallest absolute Gasteiger partial charge is 0.337 e. The lowest BCUT2D eigenvalue weighted by molar-refractivity contribution is -0.160. The molecule has 1 N–H and O–H groups in total. The first-order chi connectivity index (χ1) is 16.9. The van der Waals surface area contributed by atoms with Crippen LogP contribution in [0.4, 0.5) is 5.69 Å². The Hall–Kier alpha value is -2.71. The van der Waals surface area contributed by atoms with Crippen LogP contribution in [0.15, 0.2) is 24.5 Å². The summed E-state index contributed by atoms with van der Waals surface area (Å²) in [5, 5.41) is 10.2. The highest BCUT2D eigenvalue weighted by Crippen LogP contribution is 2.43. The minimum atomic E-state index is -1.15. The lowest BCUT2D eigenvalue weighted by Crippen LogP contribution is -2.39. The summed E-state index contributed by atoms with van der Waals surface area (Å²) in [6.45, 7) is 14.8. The Balaban J connectivity index is 2.07. The summed E-state index contributed by atoms with van der Waals surface area (Å²) in [5.41, 5.74) is 3.19. The Morgan fingerprint density at radius 3 is 2.39 bits per heavy atom. The second-order valence-corrected chi connectivity index (χ2v) is 11.2. The van der Waals surface area contributed by atoms with Crippen molar-refractivity contribution >= 4 is 11.7 Å². The van der Waals surface area contributed by atoms with Crippen LogP contribution in [0.3, 0.4) is 0 Å². The number of ether oxygens (including phenoxy) is 3. The molecule has 0 unspecified atom stereocenters. The van der Waals surface area contributed by atoms with Gasteiger partial charge in [-0.2, -0.15) is 0 Å². The molecule has 0 aromatic carbocycles. The van der Waals surface area contributed by atoms with E-state index >= 15 is 0 Å². The molecule has 1 saturated heterocycles. The molecule has 0 aliphatic carbocycles. The van der Waals surface area contributed by atoms with Crippen molar-refractivity contribution < 1.29 is 24.1 Å². The second kappa shape index (κ2) is 11.6. The van der Waals surface area contributed by atoms with Crippen LogP contribution in [-0.2, 0) is 14.3 Å². The third-order valence-corrected chi connectivity index (χ3v) is 6.45. The standard InChI is InChI=1S/C28H41N3O5/c1-19-23(25(26(32)33)36-27(2,3)4)24(31-13-11-28(5,6)12-14-31)21(18-29-19)22-10-9-20(17-30-22)35-16-8-15-34-7/h9-10,17-18,25H,8,11-16H2,1-7H3,(H,32,33)/t25-/m0/s1. The number of nitrogens with zero attached hydrogens (tertiary/aromatic N) is 3. The molecule has 198 valence electrons. The number of piperidine rings is 1. The van der Waals surface area contributed by atoms with Crippen molar-refractivity contribution in [2.24, 2.45) is 5.41 Å². The molecule has 8 nitrogen and oxygen atoms in total. The van der Waals surface area contributed by atoms with Crippen LogP contribution in [0, 0.1) is 12.3 Å². The predicted octanol–water partition coefficient (Wildman–Crippen LogP) is 5.43. The number of hydrogen-bond acceptors (Lipinski definition) is 7. The van der Waals surface area contributed by atoms with E-state index in [9.17, 15) is 9.90 Å². The number of carboxylic acid groups (broad SMARTS) is 1. The third-order valence-electron chi connectivity index (χ3n) is 6.45. The van der Waals surface area contributed by atoms with Gasteiger partial charge in [-0.05, 0) is 58.1 Å². The van der Waals surface area contributed by atoms with E-state index in [0.29, 0.717) is 35.9 Å². The SMILES string of the molecule is COCCCOc1ccc(-c2cnc(C)c([C@H](OC(C)(C)C)C(=O)O)c2N2CCC(C)(C)CC2)nc1. The van der Waals surface area contributed by atoms with Gasteiger partial charge in [0, 0.05) is 56.2 Å². The van der Waals surface area contributed by atoms with Gasteiger partial charge in [0.2, 0.25) is 0 Å². The molecule has 0 spiro atoms. The first kappa shape index (κ1) is 27.9. The molecule has 8 heteroatoms. The van der Waals surface area contributed by atoms with Crippen molar-refractivity contribution in [3.05, 3.63) is 35.8 Å². The topological polar surface area (TPSA) is 94.0 Å². The number of methoxy groups -OCH3 is 1. The van der Waals surface area contributed by atoms with Gasteiger partial charge in [-0.15, -0.1) is 0 Å². The van der Waals surface area contributed by atoms with Gasteiger partial charge < -0.3 is 24.2 Å². The normalized spacial score (nSPS) is 16.6. The van der Waals surface area contributed by atoms with Crippen LogP contribution in [0.2, 0.25) is 0 Å². The van der Waals surface area contributed by atoms with Crippen molar-refractivity contribution in [2.75, 3.05) is 38.3 Å². The van der Waals surface area contributed by atoms with Crippen LogP contribution in [-0.4, -0.2) is 60.1 Å². The van der Waals surface area contributed by atoms with Crippen molar-refractivity contribution in [3.8, 4) is 17.0 Å². The van der Waals surface area contributed by atoms with Crippen LogP contribution >= 0.6 is 0 Å². The summed E-state index contributed by atoms with van der Waals surface area (Å²) in [4.78, 5) is 24.1. The van der Waals surface area contributed by atoms with E-state index in [4.69, 9.17) is 14.2 Å². The summed E-state index contributed by atoms with van der Waals surface area (Å²) < 4.78 is 16.9. The summed E-state index contributed by atoms with van der Waals surface area (Å²) >= 11 is 0. The van der Waals surface area contributed by atoms with Gasteiger partial charge in [0.1, 0.15) is 5.75 Å². The molecule has 0 bridgehead atoms. The maximum atomic E-state index is 12.5. The van der Waals surface area contributed by atoms with E-state index in [0.717, 1.165) is 43.6 Å². The van der Waals surface area contributed by atoms with Crippen LogP contribution in [0.1, 0.15) is 71.2 Å². The lowest BCUT2D eigenvalue weighted by atomic mass is 9.82. The zero-order valence-corrected chi connectivity index (χ0v) is 22.8. The maximum absolute atomic E-state index is 12.5. The van der Waals surface area contributed by atoms with Gasteiger partial charge in [0.15, 0.2) is 6.10 Å². The Kier molecular flexibility index (Phi) is 8.95. The van der Waals surface area contributed by atoms with E-state index in [1.54, 1.807) is 19.5 Å². The molecular formula is C28H41N3O5. The molecule has 1 atom stereocenters. The minimum Gasteiger partial charge on any atom is -0.492 e. The monoisotopic (exact) mass is 499 g/mol. The Labute approximate surface area is 215 Å². The average molecular weight is 500 g/mol. The Morgan fingerprint density at radius 2 is 1.83 bits per heavy atom. The van der Waals surface area contributed by atoms with Crippen LogP contribution in [0.25, 0.3) is 11.3 Å². The maximum Gasteiger partial charge on any atom is 0.337 e. The number of rotatable bonds is 10. The zero-order chi connectivity index (χ0) is 26.5. The summed E-state index contributed by atoms with van der Waals surface area (Å²) in [7, 11) is 1.67. The number of carboxylic acids is 1. The molecule has 2 aromatic rings. The molecule has 3 heterocycles. The van der Waals surface area contributed by atoms with E-state index in [1.807, 2.05) is 39.8 Å². The first-order valence-electron chi connectivity index (χ1n) is 12.6. The van der Waals surface area contributed by atoms with Crippen molar-refractivity contribution in [1.82, 2.24) is 9.97 Å². The average Bonchev–Trinajstić information content (AvgIpc) is 2.80. The van der Waals surface area contributed by atoms with E-state index in [2.05, 4.69) is 28.7 Å². The number of carbonyl (C=O) groups is 1. The van der Waals surface area contributed by atoms with Crippen molar-refractivity contribution in [2.45, 2.75) is 72.5 Å². The highest BCUT2D eigenvalue weighted by molar-refractivity contribution is 5.85. The fourth-order valence-corrected chi connectivity index (χ4v) is 4.39. The second-order valence-electron chi connectivity index (χ2n) is 11.2. The molecule has 0 saturated carbocycles.